The lowest BCUT2D eigenvalue weighted by Gasteiger charge is -2.25. The number of likely N-dealkylation sites (N-methyl/N-ethyl adjacent to an activating group) is 1. The molecule has 0 saturated carbocycles. The van der Waals surface area contributed by atoms with E-state index in [0.717, 1.165) is 70.6 Å². The summed E-state index contributed by atoms with van der Waals surface area (Å²) < 4.78 is 23.6. The number of aliphatic hydroxyl groups is 1. The lowest BCUT2D eigenvalue weighted by molar-refractivity contribution is -0.870. The third-order valence-electron chi connectivity index (χ3n) is 10.1. The van der Waals surface area contributed by atoms with Gasteiger partial charge in [-0.25, -0.2) is 4.57 Å². The molecule has 0 aliphatic rings. The van der Waals surface area contributed by atoms with E-state index in [1.54, 1.807) is 6.08 Å². The Morgan fingerprint density at radius 3 is 1.53 bits per heavy atom. The highest BCUT2D eigenvalue weighted by molar-refractivity contribution is 7.47. The maximum Gasteiger partial charge on any atom is 0.472 e. The number of nitrogens with one attached hydrogen (secondary N) is 1. The van der Waals surface area contributed by atoms with Crippen molar-refractivity contribution in [2.45, 2.75) is 193 Å². The minimum atomic E-state index is -4.36. The van der Waals surface area contributed by atoms with Crippen LogP contribution in [0.15, 0.2) is 85.1 Å². The second-order valence-electron chi connectivity index (χ2n) is 17.1. The number of phosphoric acid groups is 1. The molecule has 0 radical (unpaired) electrons. The topological polar surface area (TPSA) is 105 Å². The maximum absolute atomic E-state index is 12.9. The smallest absolute Gasteiger partial charge is 0.387 e. The zero-order chi connectivity index (χ0) is 44.3. The predicted octanol–water partition coefficient (Wildman–Crippen LogP) is 13.7. The normalized spacial score (nSPS) is 15.0. The van der Waals surface area contributed by atoms with Crippen LogP contribution < -0.4 is 5.32 Å². The van der Waals surface area contributed by atoms with Gasteiger partial charge >= 0.3 is 7.82 Å². The van der Waals surface area contributed by atoms with Crippen LogP contribution in [0.5, 0.6) is 0 Å². The van der Waals surface area contributed by atoms with Crippen LogP contribution in [0.2, 0.25) is 0 Å². The first-order valence-corrected chi connectivity index (χ1v) is 25.5. The number of carbonyl (C=O) groups is 1. The number of carbonyl (C=O) groups excluding carboxylic acids is 1. The largest absolute Gasteiger partial charge is 0.472 e. The summed E-state index contributed by atoms with van der Waals surface area (Å²) in [6, 6.07) is -0.886. The summed E-state index contributed by atoms with van der Waals surface area (Å²) in [6.07, 6.45) is 58.0. The number of hydrogen-bond acceptors (Lipinski definition) is 5. The highest BCUT2D eigenvalue weighted by Crippen LogP contribution is 2.43. The van der Waals surface area contributed by atoms with E-state index in [9.17, 15) is 19.4 Å². The number of hydrogen-bond donors (Lipinski definition) is 3. The molecular formula is C51H92N2O6P+. The van der Waals surface area contributed by atoms with Crippen LogP contribution in [-0.2, 0) is 18.4 Å². The molecular weight excluding hydrogens is 768 g/mol. The van der Waals surface area contributed by atoms with Gasteiger partial charge in [0.15, 0.2) is 0 Å². The fourth-order valence-electron chi connectivity index (χ4n) is 6.32. The number of amides is 1. The lowest BCUT2D eigenvalue weighted by atomic mass is 10.0. The van der Waals surface area contributed by atoms with E-state index in [1.165, 1.54) is 83.5 Å². The average Bonchev–Trinajstić information content (AvgIpc) is 3.20. The Morgan fingerprint density at radius 2 is 1.02 bits per heavy atom. The number of allylic oxidation sites excluding steroid dienone is 13. The van der Waals surface area contributed by atoms with Crippen molar-refractivity contribution >= 4 is 13.7 Å². The molecule has 8 nitrogen and oxygen atoms in total. The Kier molecular flexibility index (Phi) is 40.4. The predicted molar refractivity (Wildman–Crippen MR) is 258 cm³/mol. The number of unbranched alkanes of at least 4 members (excludes halogenated alkanes) is 17. The molecule has 0 aliphatic heterocycles. The SMILES string of the molecule is CC/C=C\C/C=C\C/C=C\C/C=C\C/C=C\CCCCCC(=O)NC(COP(=O)(O)OCC[N+](C)(C)C)C(O)/C=C/CC/C=C/CCCCCCCCCCCCCCC. The van der Waals surface area contributed by atoms with Gasteiger partial charge in [0.25, 0.3) is 0 Å². The lowest BCUT2D eigenvalue weighted by Crippen LogP contribution is -2.45. The second kappa shape index (κ2) is 42.0. The van der Waals surface area contributed by atoms with Crippen LogP contribution in [0.1, 0.15) is 181 Å². The molecule has 0 rings (SSSR count). The van der Waals surface area contributed by atoms with Crippen LogP contribution in [-0.4, -0.2) is 73.4 Å². The number of rotatable bonds is 42. The van der Waals surface area contributed by atoms with Gasteiger partial charge in [0.1, 0.15) is 13.2 Å². The van der Waals surface area contributed by atoms with Crippen molar-refractivity contribution in [1.29, 1.82) is 0 Å². The Bertz CT molecular complexity index is 1250. The van der Waals surface area contributed by atoms with Crippen LogP contribution in [0, 0.1) is 0 Å². The first-order valence-electron chi connectivity index (χ1n) is 24.0. The van der Waals surface area contributed by atoms with E-state index in [2.05, 4.69) is 92.1 Å². The summed E-state index contributed by atoms with van der Waals surface area (Å²) in [5.74, 6) is -0.222. The quantitative estimate of drug-likeness (QED) is 0.0244. The first kappa shape index (κ1) is 57.7. The fraction of sp³-hybridized carbons (Fsp3) is 0.706. The Balaban J connectivity index is 4.51. The molecule has 0 saturated heterocycles. The van der Waals surface area contributed by atoms with E-state index in [0.29, 0.717) is 23.9 Å². The molecule has 3 N–H and O–H groups in total. The van der Waals surface area contributed by atoms with E-state index in [1.807, 2.05) is 27.2 Å². The third kappa shape index (κ3) is 43.8. The zero-order valence-electron chi connectivity index (χ0n) is 39.2. The van der Waals surface area contributed by atoms with Gasteiger partial charge in [0.2, 0.25) is 5.91 Å². The standard InChI is InChI=1S/C51H91N2O6P/c1-6-8-10-12-14-16-18-20-22-24-26-28-30-32-34-36-38-40-42-44-50(54)49(48-59-60(56,57)58-47-46-53(3,4)5)52-51(55)45-43-41-39-37-35-33-31-29-27-25-23-21-19-17-15-13-11-9-7-2/h9,11,15,17,21,23,27,29,33-36,42,44,49-50,54H,6-8,10,12-14,16,18-20,22,24-26,28,30-32,37-41,43,45-48H2,1-5H3,(H-,52,55,56,57)/p+1/b11-9-,17-15-,23-21-,29-27-,35-33-,36-34+,44-42+. The summed E-state index contributed by atoms with van der Waals surface area (Å²) in [5.41, 5.74) is 0. The van der Waals surface area contributed by atoms with Gasteiger partial charge in [-0.05, 0) is 77.0 Å². The molecule has 0 fully saturated rings. The molecule has 0 bridgehead atoms. The molecule has 3 unspecified atom stereocenters. The van der Waals surface area contributed by atoms with E-state index in [-0.39, 0.29) is 19.1 Å². The van der Waals surface area contributed by atoms with Gasteiger partial charge in [-0.1, -0.05) is 182 Å². The van der Waals surface area contributed by atoms with Crippen molar-refractivity contribution in [3.05, 3.63) is 85.1 Å². The van der Waals surface area contributed by atoms with Crippen LogP contribution in [0.25, 0.3) is 0 Å². The molecule has 60 heavy (non-hydrogen) atoms. The first-order chi connectivity index (χ1) is 29.0. The van der Waals surface area contributed by atoms with Gasteiger partial charge in [-0.2, -0.15) is 0 Å². The van der Waals surface area contributed by atoms with E-state index < -0.39 is 20.0 Å². The Labute approximate surface area is 369 Å². The summed E-state index contributed by atoms with van der Waals surface area (Å²) in [5, 5.41) is 13.8. The molecule has 3 atom stereocenters. The van der Waals surface area contributed by atoms with Crippen molar-refractivity contribution < 1.29 is 32.9 Å². The molecule has 1 amide bonds. The summed E-state index contributed by atoms with van der Waals surface area (Å²) in [4.78, 5) is 23.2. The van der Waals surface area contributed by atoms with Crippen molar-refractivity contribution in [2.75, 3.05) is 40.9 Å². The zero-order valence-corrected chi connectivity index (χ0v) is 40.1. The maximum atomic E-state index is 12.9. The van der Waals surface area contributed by atoms with Crippen molar-refractivity contribution in [1.82, 2.24) is 5.32 Å². The van der Waals surface area contributed by atoms with Crippen LogP contribution in [0.4, 0.5) is 0 Å². The van der Waals surface area contributed by atoms with Crippen LogP contribution >= 0.6 is 7.82 Å². The van der Waals surface area contributed by atoms with Crippen molar-refractivity contribution in [3.8, 4) is 0 Å². The molecule has 0 aromatic carbocycles. The van der Waals surface area contributed by atoms with Crippen molar-refractivity contribution in [3.63, 3.8) is 0 Å². The minimum Gasteiger partial charge on any atom is -0.387 e. The van der Waals surface area contributed by atoms with Gasteiger partial charge in [0, 0.05) is 6.42 Å². The molecule has 0 heterocycles. The van der Waals surface area contributed by atoms with E-state index in [4.69, 9.17) is 9.05 Å². The summed E-state index contributed by atoms with van der Waals surface area (Å²) >= 11 is 0. The number of aliphatic hydroxyl groups excluding tert-OH is 1. The molecule has 0 aromatic rings. The molecule has 0 aromatic heterocycles. The van der Waals surface area contributed by atoms with Crippen molar-refractivity contribution in [2.24, 2.45) is 0 Å². The van der Waals surface area contributed by atoms with E-state index >= 15 is 0 Å². The van der Waals surface area contributed by atoms with Gasteiger partial charge in [0.05, 0.1) is 39.9 Å². The molecule has 346 valence electrons. The minimum absolute atomic E-state index is 0.0449. The summed E-state index contributed by atoms with van der Waals surface area (Å²) in [7, 11) is 1.52. The summed E-state index contributed by atoms with van der Waals surface area (Å²) in [6.45, 7) is 4.64. The number of nitrogens with zero attached hydrogens (tertiary/aromatic N) is 1. The average molecular weight is 860 g/mol. The molecule has 0 spiro atoms. The van der Waals surface area contributed by atoms with Gasteiger partial charge < -0.3 is 19.8 Å². The van der Waals surface area contributed by atoms with Gasteiger partial charge in [-0.3, -0.25) is 13.8 Å². The number of phosphoric ester groups is 1. The Morgan fingerprint density at radius 1 is 0.583 bits per heavy atom. The third-order valence-corrected chi connectivity index (χ3v) is 11.1. The molecule has 9 heteroatoms. The Hall–Kier alpha value is -2.32. The highest BCUT2D eigenvalue weighted by atomic mass is 31.2. The fourth-order valence-corrected chi connectivity index (χ4v) is 7.05. The monoisotopic (exact) mass is 860 g/mol. The van der Waals surface area contributed by atoms with Crippen LogP contribution in [0.3, 0.4) is 0 Å². The van der Waals surface area contributed by atoms with Gasteiger partial charge in [-0.15, -0.1) is 0 Å². The molecule has 0 aliphatic carbocycles. The second-order valence-corrected chi connectivity index (χ2v) is 18.5. The number of quaternary nitrogens is 1. The highest BCUT2D eigenvalue weighted by Gasteiger charge is 2.27.